The van der Waals surface area contributed by atoms with Crippen LogP contribution in [0.15, 0.2) is 198 Å². The molecule has 12 aromatic rings. The first-order chi connectivity index (χ1) is 30.1. The van der Waals surface area contributed by atoms with Crippen LogP contribution in [0.25, 0.3) is 98.3 Å². The van der Waals surface area contributed by atoms with E-state index in [1.165, 1.54) is 10.8 Å². The van der Waals surface area contributed by atoms with E-state index in [0.717, 1.165) is 94.5 Å². The third-order valence-electron chi connectivity index (χ3n) is 12.7. The van der Waals surface area contributed by atoms with Gasteiger partial charge in [-0.3, -0.25) is 9.59 Å². The van der Waals surface area contributed by atoms with E-state index >= 15 is 0 Å². The number of benzene rings is 9. The van der Waals surface area contributed by atoms with Gasteiger partial charge in [-0.05, 0) is 117 Å². The Labute approximate surface area is 348 Å². The molecule has 0 radical (unpaired) electrons. The normalized spacial score (nSPS) is 12.5. The molecule has 1 N–H and O–H groups in total. The second-order valence-electron chi connectivity index (χ2n) is 16.0. The molecule has 0 saturated heterocycles. The van der Waals surface area contributed by atoms with Gasteiger partial charge in [-0.2, -0.15) is 0 Å². The van der Waals surface area contributed by atoms with Crippen molar-refractivity contribution in [2.24, 2.45) is 0 Å². The predicted molar refractivity (Wildman–Crippen MR) is 252 cm³/mol. The third-order valence-corrected chi connectivity index (χ3v) is 12.7. The van der Waals surface area contributed by atoms with Crippen LogP contribution in [0.3, 0.4) is 0 Å². The standard InChI is InChI=1S/C56H32N2O3/c59-55-42-21-16-34(35-15-20-40-39-13-7-8-14-47(39)57-48(40)28-35)27-45(42)54-44(55)24-23-43-53(54)41-22-19-38(31-46(41)56(43)60)58-49-25-17-36(32-9-3-1-4-10-32)29-51(49)61-52-30-37(18-26-50(52)58)33-11-5-2-6-12-33/h1-31,57H. The SMILES string of the molecule is O=c1c2cc(N3c4ccc(-c5ccccc5)cc4Oc4cc(-c5ccccc5)ccc43)ccc2c2c1ccc1c(=O)c3ccc(-c4ccc5c(c4)[nH]c4ccccc45)cc3c12. The number of nitrogens with one attached hydrogen (secondary N) is 1. The minimum atomic E-state index is -0.0523. The molecule has 0 spiro atoms. The molecule has 2 heterocycles. The maximum Gasteiger partial charge on any atom is 0.194 e. The molecule has 0 amide bonds. The van der Waals surface area contributed by atoms with Crippen LogP contribution in [0.5, 0.6) is 11.5 Å². The van der Waals surface area contributed by atoms with Crippen LogP contribution >= 0.6 is 0 Å². The number of H-pyrrole nitrogens is 1. The lowest BCUT2D eigenvalue weighted by atomic mass is 9.99. The Morgan fingerprint density at radius 2 is 0.852 bits per heavy atom. The van der Waals surface area contributed by atoms with E-state index < -0.39 is 0 Å². The highest BCUT2D eigenvalue weighted by Gasteiger charge is 2.28. The molecule has 1 aromatic heterocycles. The van der Waals surface area contributed by atoms with Crippen molar-refractivity contribution in [3.8, 4) is 44.9 Å². The van der Waals surface area contributed by atoms with Gasteiger partial charge in [0.2, 0.25) is 0 Å². The number of anilines is 3. The van der Waals surface area contributed by atoms with Crippen molar-refractivity contribution in [2.75, 3.05) is 4.90 Å². The Hall–Kier alpha value is -8.28. The van der Waals surface area contributed by atoms with E-state index in [2.05, 4.69) is 125 Å². The lowest BCUT2D eigenvalue weighted by Crippen LogP contribution is -2.16. The number of aromatic amines is 1. The van der Waals surface area contributed by atoms with Crippen LogP contribution in [0.2, 0.25) is 0 Å². The molecule has 0 fully saturated rings. The summed E-state index contributed by atoms with van der Waals surface area (Å²) in [7, 11) is 0. The van der Waals surface area contributed by atoms with Gasteiger partial charge in [-0.15, -0.1) is 0 Å². The fraction of sp³-hybridized carbons (Fsp3) is 0. The van der Waals surface area contributed by atoms with Crippen molar-refractivity contribution in [3.05, 3.63) is 209 Å². The van der Waals surface area contributed by atoms with Crippen molar-refractivity contribution in [2.45, 2.75) is 0 Å². The van der Waals surface area contributed by atoms with Crippen molar-refractivity contribution in [1.29, 1.82) is 0 Å². The average Bonchev–Trinajstić information content (AvgIpc) is 3.94. The molecule has 0 bridgehead atoms. The fourth-order valence-electron chi connectivity index (χ4n) is 9.78. The number of hydrogen-bond donors (Lipinski definition) is 1. The highest BCUT2D eigenvalue weighted by Crippen LogP contribution is 2.53. The van der Waals surface area contributed by atoms with E-state index in [1.54, 1.807) is 0 Å². The summed E-state index contributed by atoms with van der Waals surface area (Å²) in [5.41, 5.74) is 11.0. The van der Waals surface area contributed by atoms with Crippen LogP contribution < -0.4 is 20.5 Å². The first-order valence-corrected chi connectivity index (χ1v) is 20.5. The van der Waals surface area contributed by atoms with E-state index in [4.69, 9.17) is 4.74 Å². The molecule has 1 aliphatic rings. The zero-order chi connectivity index (χ0) is 40.3. The average molecular weight is 781 g/mol. The predicted octanol–water partition coefficient (Wildman–Crippen LogP) is 14.1. The van der Waals surface area contributed by atoms with Gasteiger partial charge in [0.1, 0.15) is 0 Å². The first kappa shape index (κ1) is 33.7. The zero-order valence-electron chi connectivity index (χ0n) is 32.6. The van der Waals surface area contributed by atoms with Crippen molar-refractivity contribution >= 4 is 82.0 Å². The van der Waals surface area contributed by atoms with Gasteiger partial charge in [0, 0.05) is 59.8 Å². The molecule has 5 heteroatoms. The molecule has 61 heavy (non-hydrogen) atoms. The summed E-state index contributed by atoms with van der Waals surface area (Å²) in [5, 5.41) is 8.20. The maximum atomic E-state index is 14.6. The Balaban J connectivity index is 0.990. The first-order valence-electron chi connectivity index (χ1n) is 20.5. The second kappa shape index (κ2) is 12.6. The van der Waals surface area contributed by atoms with Crippen LogP contribution in [0.4, 0.5) is 17.1 Å². The highest BCUT2D eigenvalue weighted by molar-refractivity contribution is 6.31. The molecule has 0 aliphatic carbocycles. The molecule has 0 unspecified atom stereocenters. The van der Waals surface area contributed by atoms with Crippen LogP contribution in [-0.4, -0.2) is 4.98 Å². The van der Waals surface area contributed by atoms with Crippen LogP contribution in [0, 0.1) is 0 Å². The molecule has 11 aromatic carbocycles. The molecule has 13 rings (SSSR count). The Kier molecular flexibility index (Phi) is 6.96. The minimum Gasteiger partial charge on any atom is -0.453 e. The summed E-state index contributed by atoms with van der Waals surface area (Å²) < 4.78 is 6.75. The fourth-order valence-corrected chi connectivity index (χ4v) is 9.78. The maximum absolute atomic E-state index is 14.6. The molecule has 5 nitrogen and oxygen atoms in total. The molecular weight excluding hydrogens is 749 g/mol. The molecule has 0 saturated carbocycles. The number of nitrogens with zero attached hydrogens (tertiary/aromatic N) is 1. The molecule has 284 valence electrons. The monoisotopic (exact) mass is 780 g/mol. The van der Waals surface area contributed by atoms with Gasteiger partial charge in [-0.25, -0.2) is 0 Å². The summed E-state index contributed by atoms with van der Waals surface area (Å²) >= 11 is 0. The number of ether oxygens (including phenoxy) is 1. The molecule has 1 aliphatic heterocycles. The number of fused-ring (bicyclic) bond motifs is 12. The topological polar surface area (TPSA) is 62.4 Å². The van der Waals surface area contributed by atoms with Crippen molar-refractivity contribution < 1.29 is 4.74 Å². The summed E-state index contributed by atoms with van der Waals surface area (Å²) in [6.45, 7) is 0. The van der Waals surface area contributed by atoms with E-state index in [0.29, 0.717) is 21.5 Å². The quantitative estimate of drug-likeness (QED) is 0.193. The second-order valence-corrected chi connectivity index (χ2v) is 16.0. The summed E-state index contributed by atoms with van der Waals surface area (Å²) in [4.78, 5) is 34.3. The molecule has 0 atom stereocenters. The number of para-hydroxylation sites is 1. The van der Waals surface area contributed by atoms with E-state index in [9.17, 15) is 9.59 Å². The number of aromatic nitrogens is 1. The number of rotatable bonds is 4. The zero-order valence-corrected chi connectivity index (χ0v) is 32.6. The van der Waals surface area contributed by atoms with Gasteiger partial charge >= 0.3 is 0 Å². The van der Waals surface area contributed by atoms with Crippen molar-refractivity contribution in [1.82, 2.24) is 4.98 Å². The Bertz CT molecular complexity index is 3810. The van der Waals surface area contributed by atoms with Gasteiger partial charge in [0.15, 0.2) is 22.4 Å². The Morgan fingerprint density at radius 3 is 1.54 bits per heavy atom. The highest BCUT2D eigenvalue weighted by atomic mass is 16.5. The summed E-state index contributed by atoms with van der Waals surface area (Å²) in [5.74, 6) is 1.45. The van der Waals surface area contributed by atoms with Crippen LogP contribution in [0.1, 0.15) is 0 Å². The third kappa shape index (κ3) is 4.95. The van der Waals surface area contributed by atoms with Gasteiger partial charge < -0.3 is 14.6 Å². The lowest BCUT2D eigenvalue weighted by molar-refractivity contribution is 0.477. The van der Waals surface area contributed by atoms with Gasteiger partial charge in [-0.1, -0.05) is 115 Å². The summed E-state index contributed by atoms with van der Waals surface area (Å²) in [6.07, 6.45) is 0. The van der Waals surface area contributed by atoms with Crippen molar-refractivity contribution in [3.63, 3.8) is 0 Å². The lowest BCUT2D eigenvalue weighted by Gasteiger charge is -2.33. The smallest absolute Gasteiger partial charge is 0.194 e. The largest absolute Gasteiger partial charge is 0.453 e. The Morgan fingerprint density at radius 1 is 0.344 bits per heavy atom. The molecular formula is C56H32N2O3. The minimum absolute atomic E-state index is 0.0192. The van der Waals surface area contributed by atoms with Gasteiger partial charge in [0.25, 0.3) is 0 Å². The summed E-state index contributed by atoms with van der Waals surface area (Å²) in [6, 6.07) is 63.9. The van der Waals surface area contributed by atoms with E-state index in [-0.39, 0.29) is 10.9 Å². The van der Waals surface area contributed by atoms with Crippen LogP contribution in [-0.2, 0) is 0 Å². The van der Waals surface area contributed by atoms with Gasteiger partial charge in [0.05, 0.1) is 11.4 Å². The van der Waals surface area contributed by atoms with E-state index in [1.807, 2.05) is 72.8 Å². The number of hydrogen-bond acceptors (Lipinski definition) is 4.